The van der Waals surface area contributed by atoms with E-state index in [0.29, 0.717) is 18.8 Å². The summed E-state index contributed by atoms with van der Waals surface area (Å²) in [5, 5.41) is 2.62. The highest BCUT2D eigenvalue weighted by molar-refractivity contribution is 7.90. The Labute approximate surface area is 112 Å². The van der Waals surface area contributed by atoms with E-state index in [0.717, 1.165) is 6.26 Å². The van der Waals surface area contributed by atoms with E-state index in [1.54, 1.807) is 12.1 Å². The SMILES string of the molecule is CS(=O)(=O)c1ccc(OCCC(=O)NCCN)cc1. The van der Waals surface area contributed by atoms with Crippen LogP contribution in [-0.4, -0.2) is 40.3 Å². The van der Waals surface area contributed by atoms with Crippen LogP contribution < -0.4 is 15.8 Å². The molecule has 0 saturated carbocycles. The number of carbonyl (C=O) groups excluding carboxylic acids is 1. The molecule has 0 spiro atoms. The summed E-state index contributed by atoms with van der Waals surface area (Å²) >= 11 is 0. The third-order valence-corrected chi connectivity index (χ3v) is 3.44. The van der Waals surface area contributed by atoms with Gasteiger partial charge in [-0.05, 0) is 24.3 Å². The summed E-state index contributed by atoms with van der Waals surface area (Å²) in [6.45, 7) is 1.08. The van der Waals surface area contributed by atoms with E-state index < -0.39 is 9.84 Å². The van der Waals surface area contributed by atoms with Crippen molar-refractivity contribution in [3.63, 3.8) is 0 Å². The first kappa shape index (κ1) is 15.5. The standard InChI is InChI=1S/C12H18N2O4S/c1-19(16,17)11-4-2-10(3-5-11)18-9-6-12(15)14-8-7-13/h2-5H,6-9,13H2,1H3,(H,14,15). The van der Waals surface area contributed by atoms with Crippen molar-refractivity contribution in [1.29, 1.82) is 0 Å². The molecular formula is C12H18N2O4S. The predicted molar refractivity (Wildman–Crippen MR) is 71.7 cm³/mol. The number of benzene rings is 1. The van der Waals surface area contributed by atoms with Crippen LogP contribution in [0.2, 0.25) is 0 Å². The van der Waals surface area contributed by atoms with Crippen LogP contribution >= 0.6 is 0 Å². The Hall–Kier alpha value is -1.60. The normalized spacial score (nSPS) is 11.1. The molecule has 106 valence electrons. The Bertz CT molecular complexity index is 511. The van der Waals surface area contributed by atoms with Gasteiger partial charge < -0.3 is 15.8 Å². The lowest BCUT2D eigenvalue weighted by molar-refractivity contribution is -0.121. The molecule has 1 amide bonds. The lowest BCUT2D eigenvalue weighted by atomic mass is 10.3. The second kappa shape index (κ2) is 7.10. The van der Waals surface area contributed by atoms with Crippen LogP contribution in [0.5, 0.6) is 5.75 Å². The molecule has 0 radical (unpaired) electrons. The summed E-state index contributed by atoms with van der Waals surface area (Å²) in [6, 6.07) is 6.07. The number of carbonyl (C=O) groups is 1. The molecule has 0 aliphatic carbocycles. The van der Waals surface area contributed by atoms with Crippen molar-refractivity contribution < 1.29 is 17.9 Å². The Morgan fingerprint density at radius 2 is 1.95 bits per heavy atom. The lowest BCUT2D eigenvalue weighted by Gasteiger charge is -2.07. The Balaban J connectivity index is 2.40. The molecule has 6 nitrogen and oxygen atoms in total. The average molecular weight is 286 g/mol. The molecule has 0 bridgehead atoms. The number of amides is 1. The van der Waals surface area contributed by atoms with E-state index in [1.807, 2.05) is 0 Å². The van der Waals surface area contributed by atoms with Gasteiger partial charge in [0.1, 0.15) is 5.75 Å². The van der Waals surface area contributed by atoms with E-state index in [1.165, 1.54) is 12.1 Å². The molecule has 1 aromatic carbocycles. The molecule has 1 aromatic rings. The van der Waals surface area contributed by atoms with Crippen LogP contribution in [0.4, 0.5) is 0 Å². The van der Waals surface area contributed by atoms with Gasteiger partial charge in [-0.15, -0.1) is 0 Å². The third-order valence-electron chi connectivity index (χ3n) is 2.32. The van der Waals surface area contributed by atoms with Gasteiger partial charge in [-0.3, -0.25) is 4.79 Å². The molecule has 1 rings (SSSR count). The summed E-state index contributed by atoms with van der Waals surface area (Å²) in [7, 11) is -3.20. The smallest absolute Gasteiger partial charge is 0.223 e. The minimum Gasteiger partial charge on any atom is -0.493 e. The Morgan fingerprint density at radius 1 is 1.32 bits per heavy atom. The fraction of sp³-hybridized carbons (Fsp3) is 0.417. The average Bonchev–Trinajstić information content (AvgIpc) is 2.36. The van der Waals surface area contributed by atoms with Crippen molar-refractivity contribution in [2.24, 2.45) is 5.73 Å². The van der Waals surface area contributed by atoms with Crippen LogP contribution in [-0.2, 0) is 14.6 Å². The number of hydrogen-bond acceptors (Lipinski definition) is 5. The van der Waals surface area contributed by atoms with E-state index in [4.69, 9.17) is 10.5 Å². The monoisotopic (exact) mass is 286 g/mol. The zero-order valence-corrected chi connectivity index (χ0v) is 11.6. The number of nitrogens with one attached hydrogen (secondary N) is 1. The van der Waals surface area contributed by atoms with Crippen LogP contribution in [0, 0.1) is 0 Å². The van der Waals surface area contributed by atoms with Gasteiger partial charge in [-0.25, -0.2) is 8.42 Å². The van der Waals surface area contributed by atoms with Crippen molar-refractivity contribution in [3.8, 4) is 5.75 Å². The molecule has 0 atom stereocenters. The van der Waals surface area contributed by atoms with Crippen LogP contribution in [0.15, 0.2) is 29.2 Å². The van der Waals surface area contributed by atoms with E-state index in [-0.39, 0.29) is 23.8 Å². The first-order valence-corrected chi connectivity index (χ1v) is 7.72. The first-order chi connectivity index (χ1) is 8.93. The highest BCUT2D eigenvalue weighted by atomic mass is 32.2. The fourth-order valence-corrected chi connectivity index (χ4v) is 1.98. The molecule has 0 fully saturated rings. The lowest BCUT2D eigenvalue weighted by Crippen LogP contribution is -2.29. The van der Waals surface area contributed by atoms with E-state index in [9.17, 15) is 13.2 Å². The summed E-state index contributed by atoms with van der Waals surface area (Å²) in [4.78, 5) is 11.5. The van der Waals surface area contributed by atoms with Crippen molar-refractivity contribution in [1.82, 2.24) is 5.32 Å². The van der Waals surface area contributed by atoms with E-state index >= 15 is 0 Å². The molecule has 0 aliphatic heterocycles. The highest BCUT2D eigenvalue weighted by Gasteiger charge is 2.06. The number of ether oxygens (including phenoxy) is 1. The molecular weight excluding hydrogens is 268 g/mol. The maximum atomic E-state index is 11.3. The maximum absolute atomic E-state index is 11.3. The molecule has 0 heterocycles. The number of rotatable bonds is 7. The molecule has 3 N–H and O–H groups in total. The van der Waals surface area contributed by atoms with Crippen molar-refractivity contribution >= 4 is 15.7 Å². The summed E-state index contributed by atoms with van der Waals surface area (Å²) in [5.74, 6) is 0.400. The molecule has 7 heteroatoms. The fourth-order valence-electron chi connectivity index (χ4n) is 1.34. The first-order valence-electron chi connectivity index (χ1n) is 5.83. The van der Waals surface area contributed by atoms with Crippen molar-refractivity contribution in [2.45, 2.75) is 11.3 Å². The summed E-state index contributed by atoms with van der Waals surface area (Å²) < 4.78 is 27.8. The highest BCUT2D eigenvalue weighted by Crippen LogP contribution is 2.15. The predicted octanol–water partition coefficient (Wildman–Crippen LogP) is -0.0661. The summed E-state index contributed by atoms with van der Waals surface area (Å²) in [6.07, 6.45) is 1.37. The van der Waals surface area contributed by atoms with Gasteiger partial charge in [0.25, 0.3) is 0 Å². The largest absolute Gasteiger partial charge is 0.493 e. The molecule has 0 aromatic heterocycles. The van der Waals surface area contributed by atoms with Gasteiger partial charge in [0.05, 0.1) is 17.9 Å². The quantitative estimate of drug-likeness (QED) is 0.731. The number of sulfone groups is 1. The minimum absolute atomic E-state index is 0.127. The Morgan fingerprint density at radius 3 is 2.47 bits per heavy atom. The van der Waals surface area contributed by atoms with Crippen LogP contribution in [0.25, 0.3) is 0 Å². The number of hydrogen-bond donors (Lipinski definition) is 2. The zero-order chi connectivity index (χ0) is 14.3. The molecule has 0 unspecified atom stereocenters. The number of nitrogens with two attached hydrogens (primary N) is 1. The maximum Gasteiger partial charge on any atom is 0.223 e. The second-order valence-corrected chi connectivity index (χ2v) is 6.00. The van der Waals surface area contributed by atoms with Crippen molar-refractivity contribution in [2.75, 3.05) is 26.0 Å². The minimum atomic E-state index is -3.20. The van der Waals surface area contributed by atoms with Crippen molar-refractivity contribution in [3.05, 3.63) is 24.3 Å². The van der Waals surface area contributed by atoms with Gasteiger partial charge in [0.15, 0.2) is 9.84 Å². The Kier molecular flexibility index (Phi) is 5.78. The van der Waals surface area contributed by atoms with Gasteiger partial charge in [-0.1, -0.05) is 0 Å². The van der Waals surface area contributed by atoms with Gasteiger partial charge in [0.2, 0.25) is 5.91 Å². The third kappa shape index (κ3) is 5.71. The van der Waals surface area contributed by atoms with E-state index in [2.05, 4.69) is 5.32 Å². The van der Waals surface area contributed by atoms with Crippen LogP contribution in [0.1, 0.15) is 6.42 Å². The molecule has 0 aliphatic rings. The molecule has 0 saturated heterocycles. The molecule has 19 heavy (non-hydrogen) atoms. The van der Waals surface area contributed by atoms with Crippen LogP contribution in [0.3, 0.4) is 0 Å². The van der Waals surface area contributed by atoms with Gasteiger partial charge >= 0.3 is 0 Å². The topological polar surface area (TPSA) is 98.5 Å². The zero-order valence-electron chi connectivity index (χ0n) is 10.8. The van der Waals surface area contributed by atoms with Gasteiger partial charge in [0, 0.05) is 19.3 Å². The second-order valence-electron chi connectivity index (χ2n) is 3.98. The summed E-state index contributed by atoms with van der Waals surface area (Å²) in [5.41, 5.74) is 5.25. The van der Waals surface area contributed by atoms with Gasteiger partial charge in [-0.2, -0.15) is 0 Å².